The molecule has 1 aromatic carbocycles. The van der Waals surface area contributed by atoms with E-state index in [1.165, 1.54) is 18.4 Å². The first-order valence-corrected chi connectivity index (χ1v) is 7.21. The van der Waals surface area contributed by atoms with E-state index in [0.717, 1.165) is 19.4 Å². The molecule has 0 aromatic heterocycles. The molecule has 1 aromatic rings. The molecule has 1 saturated heterocycles. The Bertz CT molecular complexity index is 338. The molecule has 0 radical (unpaired) electrons. The van der Waals surface area contributed by atoms with Crippen molar-refractivity contribution in [2.45, 2.75) is 57.7 Å². The van der Waals surface area contributed by atoms with Crippen LogP contribution in [0.5, 0.6) is 0 Å². The highest BCUT2D eigenvalue weighted by molar-refractivity contribution is 5.14. The van der Waals surface area contributed by atoms with Crippen molar-refractivity contribution in [1.82, 2.24) is 5.32 Å². The number of piperidine rings is 1. The van der Waals surface area contributed by atoms with E-state index in [0.29, 0.717) is 18.2 Å². The summed E-state index contributed by atoms with van der Waals surface area (Å²) < 4.78 is 6.08. The molecule has 0 spiro atoms. The van der Waals surface area contributed by atoms with Gasteiger partial charge in [-0.25, -0.2) is 0 Å². The largest absolute Gasteiger partial charge is 0.376 e. The highest BCUT2D eigenvalue weighted by Gasteiger charge is 2.26. The van der Waals surface area contributed by atoms with Crippen LogP contribution in [0.4, 0.5) is 0 Å². The Hall–Kier alpha value is -0.860. The van der Waals surface area contributed by atoms with Gasteiger partial charge < -0.3 is 10.1 Å². The van der Waals surface area contributed by atoms with Crippen LogP contribution in [0, 0.1) is 0 Å². The van der Waals surface area contributed by atoms with Crippen molar-refractivity contribution in [2.75, 3.05) is 6.61 Å². The van der Waals surface area contributed by atoms with Crippen LogP contribution in [0.15, 0.2) is 30.3 Å². The van der Waals surface area contributed by atoms with Gasteiger partial charge in [0.2, 0.25) is 0 Å². The summed E-state index contributed by atoms with van der Waals surface area (Å²) in [6, 6.07) is 11.8. The summed E-state index contributed by atoms with van der Waals surface area (Å²) in [6.07, 6.45) is 4.99. The Labute approximate surface area is 111 Å². The minimum Gasteiger partial charge on any atom is -0.376 e. The third-order valence-corrected chi connectivity index (χ3v) is 3.84. The fraction of sp³-hybridized carbons (Fsp3) is 0.625. The van der Waals surface area contributed by atoms with Gasteiger partial charge in [-0.2, -0.15) is 0 Å². The summed E-state index contributed by atoms with van der Waals surface area (Å²) in [5, 5.41) is 3.64. The lowest BCUT2D eigenvalue weighted by Gasteiger charge is -2.35. The third-order valence-electron chi connectivity index (χ3n) is 3.84. The average Bonchev–Trinajstić information content (AvgIpc) is 2.41. The number of hydrogen-bond donors (Lipinski definition) is 1. The van der Waals surface area contributed by atoms with E-state index in [1.54, 1.807) is 0 Å². The minimum absolute atomic E-state index is 0.398. The number of benzene rings is 1. The zero-order valence-electron chi connectivity index (χ0n) is 11.6. The van der Waals surface area contributed by atoms with Crippen LogP contribution in [-0.2, 0) is 11.2 Å². The molecule has 2 rings (SSSR count). The van der Waals surface area contributed by atoms with Gasteiger partial charge in [0.15, 0.2) is 0 Å². The monoisotopic (exact) mass is 247 g/mol. The highest BCUT2D eigenvalue weighted by atomic mass is 16.5. The van der Waals surface area contributed by atoms with Crippen molar-refractivity contribution >= 4 is 0 Å². The van der Waals surface area contributed by atoms with E-state index in [-0.39, 0.29) is 0 Å². The molecule has 3 atom stereocenters. The molecule has 18 heavy (non-hydrogen) atoms. The molecule has 0 aliphatic carbocycles. The summed E-state index contributed by atoms with van der Waals surface area (Å²) in [5.41, 5.74) is 1.36. The van der Waals surface area contributed by atoms with E-state index in [1.807, 2.05) is 0 Å². The maximum atomic E-state index is 6.08. The van der Waals surface area contributed by atoms with E-state index >= 15 is 0 Å². The second kappa shape index (κ2) is 6.91. The first-order chi connectivity index (χ1) is 8.79. The number of rotatable bonds is 5. The lowest BCUT2D eigenvalue weighted by atomic mass is 9.95. The second-order valence-electron chi connectivity index (χ2n) is 5.30. The number of ether oxygens (including phenoxy) is 1. The zero-order valence-corrected chi connectivity index (χ0v) is 11.6. The Balaban J connectivity index is 1.75. The SMILES string of the molecule is CCC1NC(C)CCC1OCCc1ccccc1. The molecular formula is C16H25NO. The van der Waals surface area contributed by atoms with E-state index in [4.69, 9.17) is 4.74 Å². The van der Waals surface area contributed by atoms with Gasteiger partial charge in [-0.05, 0) is 38.2 Å². The summed E-state index contributed by atoms with van der Waals surface area (Å²) >= 11 is 0. The van der Waals surface area contributed by atoms with Crippen molar-refractivity contribution in [1.29, 1.82) is 0 Å². The van der Waals surface area contributed by atoms with E-state index < -0.39 is 0 Å². The Kier molecular flexibility index (Phi) is 5.21. The molecule has 3 unspecified atom stereocenters. The standard InChI is InChI=1S/C16H25NO/c1-3-15-16(10-9-13(2)17-15)18-12-11-14-7-5-4-6-8-14/h4-8,13,15-17H,3,9-12H2,1-2H3. The molecule has 1 heterocycles. The van der Waals surface area contributed by atoms with Crippen LogP contribution in [0.2, 0.25) is 0 Å². The van der Waals surface area contributed by atoms with Crippen LogP contribution < -0.4 is 5.32 Å². The second-order valence-corrected chi connectivity index (χ2v) is 5.30. The molecule has 100 valence electrons. The van der Waals surface area contributed by atoms with Crippen molar-refractivity contribution < 1.29 is 4.74 Å². The molecule has 2 nitrogen and oxygen atoms in total. The first-order valence-electron chi connectivity index (χ1n) is 7.21. The van der Waals surface area contributed by atoms with Crippen LogP contribution >= 0.6 is 0 Å². The molecular weight excluding hydrogens is 222 g/mol. The van der Waals surface area contributed by atoms with Gasteiger partial charge in [0, 0.05) is 12.1 Å². The lowest BCUT2D eigenvalue weighted by molar-refractivity contribution is 0.00112. The van der Waals surface area contributed by atoms with Crippen molar-refractivity contribution in [3.05, 3.63) is 35.9 Å². The van der Waals surface area contributed by atoms with Gasteiger partial charge in [-0.15, -0.1) is 0 Å². The topological polar surface area (TPSA) is 21.3 Å². The quantitative estimate of drug-likeness (QED) is 0.863. The molecule has 0 saturated carbocycles. The van der Waals surface area contributed by atoms with Crippen LogP contribution in [0.1, 0.15) is 38.7 Å². The maximum absolute atomic E-state index is 6.08. The first kappa shape index (κ1) is 13.6. The minimum atomic E-state index is 0.398. The molecule has 0 amide bonds. The Morgan fingerprint density at radius 3 is 2.72 bits per heavy atom. The summed E-state index contributed by atoms with van der Waals surface area (Å²) in [5.74, 6) is 0. The Morgan fingerprint density at radius 2 is 2.00 bits per heavy atom. The maximum Gasteiger partial charge on any atom is 0.0728 e. The van der Waals surface area contributed by atoms with Gasteiger partial charge in [-0.1, -0.05) is 37.3 Å². The van der Waals surface area contributed by atoms with Crippen molar-refractivity contribution in [3.63, 3.8) is 0 Å². The molecule has 0 bridgehead atoms. The predicted molar refractivity (Wildman–Crippen MR) is 75.8 cm³/mol. The molecule has 1 N–H and O–H groups in total. The number of nitrogens with one attached hydrogen (secondary N) is 1. The normalized spacial score (nSPS) is 28.2. The van der Waals surface area contributed by atoms with Crippen LogP contribution in [0.3, 0.4) is 0 Å². The average molecular weight is 247 g/mol. The van der Waals surface area contributed by atoms with Crippen molar-refractivity contribution in [3.8, 4) is 0 Å². The molecule has 1 aliphatic rings. The zero-order chi connectivity index (χ0) is 12.8. The third kappa shape index (κ3) is 3.82. The predicted octanol–water partition coefficient (Wildman–Crippen LogP) is 3.16. The highest BCUT2D eigenvalue weighted by Crippen LogP contribution is 2.19. The Morgan fingerprint density at radius 1 is 1.22 bits per heavy atom. The summed E-state index contributed by atoms with van der Waals surface area (Å²) in [4.78, 5) is 0. The van der Waals surface area contributed by atoms with E-state index in [9.17, 15) is 0 Å². The summed E-state index contributed by atoms with van der Waals surface area (Å²) in [7, 11) is 0. The van der Waals surface area contributed by atoms with Crippen LogP contribution in [-0.4, -0.2) is 24.8 Å². The fourth-order valence-corrected chi connectivity index (χ4v) is 2.72. The summed E-state index contributed by atoms with van der Waals surface area (Å²) in [6.45, 7) is 5.34. The van der Waals surface area contributed by atoms with Gasteiger partial charge in [0.25, 0.3) is 0 Å². The van der Waals surface area contributed by atoms with Gasteiger partial charge in [-0.3, -0.25) is 0 Å². The molecule has 1 fully saturated rings. The van der Waals surface area contributed by atoms with Crippen LogP contribution in [0.25, 0.3) is 0 Å². The lowest BCUT2D eigenvalue weighted by Crippen LogP contribution is -2.50. The molecule has 2 heteroatoms. The van der Waals surface area contributed by atoms with Gasteiger partial charge >= 0.3 is 0 Å². The van der Waals surface area contributed by atoms with Gasteiger partial charge in [0.1, 0.15) is 0 Å². The van der Waals surface area contributed by atoms with Gasteiger partial charge in [0.05, 0.1) is 12.7 Å². The van der Waals surface area contributed by atoms with Crippen molar-refractivity contribution in [2.24, 2.45) is 0 Å². The van der Waals surface area contributed by atoms with E-state index in [2.05, 4.69) is 49.5 Å². The fourth-order valence-electron chi connectivity index (χ4n) is 2.72. The molecule has 1 aliphatic heterocycles. The smallest absolute Gasteiger partial charge is 0.0728 e. The number of hydrogen-bond acceptors (Lipinski definition) is 2.